The molecule has 1 saturated carbocycles. The lowest BCUT2D eigenvalue weighted by atomic mass is 9.86. The standard InChI is InChI=1S/C15H23NO/c1-15(11-16-2,14-8-9-14)12-17-10-13-6-4-3-5-7-13/h3-7,14,16H,8-12H2,1-2H3. The Bertz CT molecular complexity index is 334. The first-order valence-electron chi connectivity index (χ1n) is 6.51. The molecule has 0 amide bonds. The van der Waals surface area contributed by atoms with Crippen LogP contribution in [0.4, 0.5) is 0 Å². The van der Waals surface area contributed by atoms with Gasteiger partial charge in [-0.25, -0.2) is 0 Å². The van der Waals surface area contributed by atoms with Gasteiger partial charge >= 0.3 is 0 Å². The highest BCUT2D eigenvalue weighted by Crippen LogP contribution is 2.45. The summed E-state index contributed by atoms with van der Waals surface area (Å²) in [6.07, 6.45) is 2.74. The molecule has 17 heavy (non-hydrogen) atoms. The first-order chi connectivity index (χ1) is 8.24. The maximum absolute atomic E-state index is 5.90. The van der Waals surface area contributed by atoms with Gasteiger partial charge in [0, 0.05) is 12.0 Å². The van der Waals surface area contributed by atoms with Crippen molar-refractivity contribution < 1.29 is 4.74 Å². The summed E-state index contributed by atoms with van der Waals surface area (Å²) in [5.41, 5.74) is 1.57. The van der Waals surface area contributed by atoms with E-state index in [2.05, 4.69) is 36.5 Å². The van der Waals surface area contributed by atoms with E-state index in [4.69, 9.17) is 4.74 Å². The van der Waals surface area contributed by atoms with Gasteiger partial charge in [0.2, 0.25) is 0 Å². The third-order valence-corrected chi connectivity index (χ3v) is 3.69. The Morgan fingerprint density at radius 1 is 1.29 bits per heavy atom. The largest absolute Gasteiger partial charge is 0.376 e. The van der Waals surface area contributed by atoms with Gasteiger partial charge in [-0.2, -0.15) is 0 Å². The summed E-state index contributed by atoms with van der Waals surface area (Å²) < 4.78 is 5.90. The molecule has 1 aromatic carbocycles. The summed E-state index contributed by atoms with van der Waals surface area (Å²) in [4.78, 5) is 0. The number of ether oxygens (including phenoxy) is 1. The molecule has 1 N–H and O–H groups in total. The Hall–Kier alpha value is -0.860. The van der Waals surface area contributed by atoms with Gasteiger partial charge in [-0.15, -0.1) is 0 Å². The average molecular weight is 233 g/mol. The van der Waals surface area contributed by atoms with Gasteiger partial charge < -0.3 is 10.1 Å². The van der Waals surface area contributed by atoms with Crippen LogP contribution < -0.4 is 5.32 Å². The topological polar surface area (TPSA) is 21.3 Å². The van der Waals surface area contributed by atoms with Gasteiger partial charge in [0.1, 0.15) is 0 Å². The number of nitrogens with one attached hydrogen (secondary N) is 1. The van der Waals surface area contributed by atoms with Crippen LogP contribution in [0.2, 0.25) is 0 Å². The summed E-state index contributed by atoms with van der Waals surface area (Å²) in [7, 11) is 2.03. The van der Waals surface area contributed by atoms with Crippen molar-refractivity contribution >= 4 is 0 Å². The molecule has 0 radical (unpaired) electrons. The van der Waals surface area contributed by atoms with Crippen molar-refractivity contribution in [2.75, 3.05) is 20.2 Å². The van der Waals surface area contributed by atoms with E-state index in [9.17, 15) is 0 Å². The first-order valence-corrected chi connectivity index (χ1v) is 6.51. The smallest absolute Gasteiger partial charge is 0.0717 e. The van der Waals surface area contributed by atoms with Gasteiger partial charge in [-0.1, -0.05) is 37.3 Å². The molecule has 1 atom stereocenters. The minimum Gasteiger partial charge on any atom is -0.376 e. The minimum absolute atomic E-state index is 0.309. The third-order valence-electron chi connectivity index (χ3n) is 3.69. The van der Waals surface area contributed by atoms with Crippen molar-refractivity contribution in [1.29, 1.82) is 0 Å². The van der Waals surface area contributed by atoms with Crippen molar-refractivity contribution in [2.45, 2.75) is 26.4 Å². The van der Waals surface area contributed by atoms with Crippen molar-refractivity contribution in [3.63, 3.8) is 0 Å². The molecule has 1 unspecified atom stereocenters. The van der Waals surface area contributed by atoms with E-state index in [0.717, 1.165) is 25.7 Å². The van der Waals surface area contributed by atoms with Crippen molar-refractivity contribution in [3.8, 4) is 0 Å². The fraction of sp³-hybridized carbons (Fsp3) is 0.600. The Balaban J connectivity index is 1.80. The van der Waals surface area contributed by atoms with E-state index >= 15 is 0 Å². The first kappa shape index (κ1) is 12.6. The monoisotopic (exact) mass is 233 g/mol. The lowest BCUT2D eigenvalue weighted by Crippen LogP contribution is -2.36. The summed E-state index contributed by atoms with van der Waals surface area (Å²) in [5, 5.41) is 3.30. The van der Waals surface area contributed by atoms with Crippen LogP contribution in [0, 0.1) is 11.3 Å². The van der Waals surface area contributed by atoms with Gasteiger partial charge in [0.05, 0.1) is 13.2 Å². The Kier molecular flexibility index (Phi) is 4.19. The van der Waals surface area contributed by atoms with E-state index in [-0.39, 0.29) is 0 Å². The molecular formula is C15H23NO. The fourth-order valence-corrected chi connectivity index (χ4v) is 2.47. The molecule has 0 spiro atoms. The predicted molar refractivity (Wildman–Crippen MR) is 70.9 cm³/mol. The highest BCUT2D eigenvalue weighted by Gasteiger charge is 2.41. The SMILES string of the molecule is CNCC(C)(COCc1ccccc1)C1CC1. The van der Waals surface area contributed by atoms with Crippen LogP contribution in [0.1, 0.15) is 25.3 Å². The molecule has 0 heterocycles. The average Bonchev–Trinajstić information content (AvgIpc) is 3.15. The van der Waals surface area contributed by atoms with Crippen LogP contribution in [0.25, 0.3) is 0 Å². The number of hydrogen-bond acceptors (Lipinski definition) is 2. The predicted octanol–water partition coefficient (Wildman–Crippen LogP) is 2.84. The maximum Gasteiger partial charge on any atom is 0.0717 e. The molecule has 94 valence electrons. The molecule has 2 heteroatoms. The Morgan fingerprint density at radius 2 is 2.00 bits per heavy atom. The highest BCUT2D eigenvalue weighted by molar-refractivity contribution is 5.13. The normalized spacial score (nSPS) is 18.9. The zero-order valence-corrected chi connectivity index (χ0v) is 10.9. The summed E-state index contributed by atoms with van der Waals surface area (Å²) in [6.45, 7) is 4.97. The van der Waals surface area contributed by atoms with Crippen molar-refractivity contribution in [2.24, 2.45) is 11.3 Å². The zero-order valence-electron chi connectivity index (χ0n) is 10.9. The van der Waals surface area contributed by atoms with Crippen LogP contribution in [0.3, 0.4) is 0 Å². The second-order valence-electron chi connectivity index (χ2n) is 5.44. The van der Waals surface area contributed by atoms with Crippen LogP contribution in [-0.2, 0) is 11.3 Å². The van der Waals surface area contributed by atoms with E-state index in [0.29, 0.717) is 5.41 Å². The van der Waals surface area contributed by atoms with Gasteiger partial charge in [0.25, 0.3) is 0 Å². The molecule has 0 saturated heterocycles. The second-order valence-corrected chi connectivity index (χ2v) is 5.44. The highest BCUT2D eigenvalue weighted by atomic mass is 16.5. The van der Waals surface area contributed by atoms with E-state index in [1.165, 1.54) is 18.4 Å². The van der Waals surface area contributed by atoms with E-state index < -0.39 is 0 Å². The number of rotatable bonds is 7. The van der Waals surface area contributed by atoms with Gasteiger partial charge in [-0.05, 0) is 31.4 Å². The summed E-state index contributed by atoms with van der Waals surface area (Å²) in [6, 6.07) is 10.4. The summed E-state index contributed by atoms with van der Waals surface area (Å²) >= 11 is 0. The molecule has 2 rings (SSSR count). The Morgan fingerprint density at radius 3 is 2.59 bits per heavy atom. The molecule has 1 aliphatic rings. The zero-order chi connectivity index (χ0) is 12.1. The molecule has 1 fully saturated rings. The van der Waals surface area contributed by atoms with Gasteiger partial charge in [-0.3, -0.25) is 0 Å². The molecule has 1 aromatic rings. The van der Waals surface area contributed by atoms with Crippen molar-refractivity contribution in [3.05, 3.63) is 35.9 Å². The van der Waals surface area contributed by atoms with E-state index in [1.54, 1.807) is 0 Å². The lowest BCUT2D eigenvalue weighted by molar-refractivity contribution is 0.0314. The third kappa shape index (κ3) is 3.55. The lowest BCUT2D eigenvalue weighted by Gasteiger charge is -2.29. The van der Waals surface area contributed by atoms with Crippen LogP contribution in [-0.4, -0.2) is 20.2 Å². The Labute approximate surface area is 104 Å². The van der Waals surface area contributed by atoms with Crippen molar-refractivity contribution in [1.82, 2.24) is 5.32 Å². The van der Waals surface area contributed by atoms with Gasteiger partial charge in [0.15, 0.2) is 0 Å². The number of hydrogen-bond donors (Lipinski definition) is 1. The summed E-state index contributed by atoms with van der Waals surface area (Å²) in [5.74, 6) is 0.853. The molecule has 1 aliphatic carbocycles. The van der Waals surface area contributed by atoms with Crippen LogP contribution >= 0.6 is 0 Å². The molecule has 2 nitrogen and oxygen atoms in total. The maximum atomic E-state index is 5.90. The van der Waals surface area contributed by atoms with Crippen LogP contribution in [0.15, 0.2) is 30.3 Å². The fourth-order valence-electron chi connectivity index (χ4n) is 2.47. The van der Waals surface area contributed by atoms with E-state index in [1.807, 2.05) is 13.1 Å². The molecular weight excluding hydrogens is 210 g/mol. The number of benzene rings is 1. The van der Waals surface area contributed by atoms with Crippen LogP contribution in [0.5, 0.6) is 0 Å². The minimum atomic E-state index is 0.309. The molecule has 0 aromatic heterocycles. The second kappa shape index (κ2) is 5.65. The molecule has 0 aliphatic heterocycles. The molecule has 0 bridgehead atoms. The quantitative estimate of drug-likeness (QED) is 0.782.